The quantitative estimate of drug-likeness (QED) is 0.821. The number of rotatable bonds is 4. The van der Waals surface area contributed by atoms with E-state index in [1.54, 1.807) is 6.07 Å². The zero-order chi connectivity index (χ0) is 17.0. The van der Waals surface area contributed by atoms with Gasteiger partial charge in [0.05, 0.1) is 12.7 Å². The molecule has 4 fully saturated rings. The number of likely N-dealkylation sites (tertiary alicyclic amines) is 2. The molecule has 5 rings (SSSR count). The largest absolute Gasteiger partial charge is 0.376 e. The Bertz CT molecular complexity index is 698. The van der Waals surface area contributed by atoms with Crippen LogP contribution in [-0.2, 0) is 9.53 Å². The molecule has 3 aliphatic heterocycles. The average molecular weight is 345 g/mol. The van der Waals surface area contributed by atoms with E-state index in [1.165, 1.54) is 0 Å². The summed E-state index contributed by atoms with van der Waals surface area (Å²) in [4.78, 5) is 28.4. The molecule has 1 aromatic rings. The Hall–Kier alpha value is -1.89. The fourth-order valence-corrected chi connectivity index (χ4v) is 4.45. The molecule has 1 aromatic heterocycles. The number of aromatic nitrogens is 1. The number of hydrogen-bond acceptors (Lipinski definition) is 5. The normalized spacial score (nSPS) is 31.8. The van der Waals surface area contributed by atoms with Crippen molar-refractivity contribution in [3.63, 3.8) is 0 Å². The van der Waals surface area contributed by atoms with Crippen LogP contribution in [0.5, 0.6) is 0 Å². The lowest BCUT2D eigenvalue weighted by molar-refractivity contribution is -0.128. The lowest BCUT2D eigenvalue weighted by Crippen LogP contribution is -2.36. The van der Waals surface area contributed by atoms with E-state index in [2.05, 4.69) is 5.16 Å². The molecule has 1 aliphatic carbocycles. The molecule has 3 saturated heterocycles. The van der Waals surface area contributed by atoms with Gasteiger partial charge in [0.25, 0.3) is 5.91 Å². The van der Waals surface area contributed by atoms with Gasteiger partial charge in [0.15, 0.2) is 5.69 Å². The second kappa shape index (κ2) is 5.83. The summed E-state index contributed by atoms with van der Waals surface area (Å²) < 4.78 is 11.2. The Morgan fingerprint density at radius 3 is 2.96 bits per heavy atom. The van der Waals surface area contributed by atoms with Gasteiger partial charge >= 0.3 is 0 Å². The first kappa shape index (κ1) is 15.4. The number of nitrogens with zero attached hydrogens (tertiary/aromatic N) is 3. The third kappa shape index (κ3) is 2.74. The average Bonchev–Trinajstić information content (AvgIpc) is 2.98. The Balaban J connectivity index is 1.24. The summed E-state index contributed by atoms with van der Waals surface area (Å²) in [7, 11) is 0. The van der Waals surface area contributed by atoms with E-state index in [0.29, 0.717) is 49.6 Å². The molecule has 4 heterocycles. The van der Waals surface area contributed by atoms with Gasteiger partial charge in [-0.05, 0) is 19.3 Å². The Morgan fingerprint density at radius 1 is 1.32 bits per heavy atom. The standard InChI is InChI=1S/C18H23N3O4/c22-17-2-1-5-20(17)7-12-10-24-16-9-21(8-13(12)16)18(23)14-6-15(25-19-14)11-3-4-11/h6,11-13,16H,1-5,7-10H2/t12-,13-,16-/m1/s1. The number of ether oxygens (including phenoxy) is 1. The summed E-state index contributed by atoms with van der Waals surface area (Å²) in [5.41, 5.74) is 0.410. The van der Waals surface area contributed by atoms with Crippen LogP contribution in [0.3, 0.4) is 0 Å². The maximum absolute atomic E-state index is 12.7. The van der Waals surface area contributed by atoms with Gasteiger partial charge in [0.2, 0.25) is 5.91 Å². The van der Waals surface area contributed by atoms with E-state index in [4.69, 9.17) is 9.26 Å². The minimum Gasteiger partial charge on any atom is -0.376 e. The zero-order valence-electron chi connectivity index (χ0n) is 14.2. The minimum absolute atomic E-state index is 0.0651. The molecule has 0 radical (unpaired) electrons. The first-order valence-electron chi connectivity index (χ1n) is 9.34. The maximum atomic E-state index is 12.7. The van der Waals surface area contributed by atoms with E-state index in [-0.39, 0.29) is 17.9 Å². The molecule has 7 nitrogen and oxygen atoms in total. The van der Waals surface area contributed by atoms with Gasteiger partial charge in [-0.2, -0.15) is 0 Å². The molecule has 3 atom stereocenters. The summed E-state index contributed by atoms with van der Waals surface area (Å²) in [6, 6.07) is 1.80. The van der Waals surface area contributed by atoms with Gasteiger partial charge in [-0.25, -0.2) is 0 Å². The van der Waals surface area contributed by atoms with Crippen molar-refractivity contribution < 1.29 is 18.8 Å². The number of carbonyl (C=O) groups excluding carboxylic acids is 2. The third-order valence-corrected chi connectivity index (χ3v) is 6.08. The van der Waals surface area contributed by atoms with E-state index in [9.17, 15) is 9.59 Å². The molecule has 0 spiro atoms. The van der Waals surface area contributed by atoms with Gasteiger partial charge < -0.3 is 19.1 Å². The Morgan fingerprint density at radius 2 is 2.20 bits per heavy atom. The predicted molar refractivity (Wildman–Crippen MR) is 86.9 cm³/mol. The first-order chi connectivity index (χ1) is 12.2. The summed E-state index contributed by atoms with van der Waals surface area (Å²) in [6.07, 6.45) is 3.96. The summed E-state index contributed by atoms with van der Waals surface area (Å²) in [5.74, 6) is 2.12. The fourth-order valence-electron chi connectivity index (χ4n) is 4.45. The molecule has 1 saturated carbocycles. The molecule has 25 heavy (non-hydrogen) atoms. The van der Waals surface area contributed by atoms with Gasteiger partial charge in [0.1, 0.15) is 5.76 Å². The molecule has 0 N–H and O–H groups in total. The van der Waals surface area contributed by atoms with Gasteiger partial charge in [-0.3, -0.25) is 9.59 Å². The number of amides is 2. The monoisotopic (exact) mass is 345 g/mol. The van der Waals surface area contributed by atoms with Crippen molar-refractivity contribution >= 4 is 11.8 Å². The van der Waals surface area contributed by atoms with Crippen molar-refractivity contribution in [3.8, 4) is 0 Å². The molecule has 0 bridgehead atoms. The SMILES string of the molecule is O=C1CCCN1C[C@@H]1CO[C@@H]2CN(C(=O)c3cc(C4CC4)on3)C[C@H]12. The summed E-state index contributed by atoms with van der Waals surface area (Å²) in [6.45, 7) is 3.61. The van der Waals surface area contributed by atoms with Crippen LogP contribution in [0.1, 0.15) is 47.8 Å². The number of hydrogen-bond donors (Lipinski definition) is 0. The second-order valence-corrected chi connectivity index (χ2v) is 7.84. The van der Waals surface area contributed by atoms with Crippen molar-refractivity contribution in [1.29, 1.82) is 0 Å². The highest BCUT2D eigenvalue weighted by atomic mass is 16.5. The van der Waals surface area contributed by atoms with Crippen molar-refractivity contribution in [2.75, 3.05) is 32.8 Å². The molecule has 0 aromatic carbocycles. The zero-order valence-corrected chi connectivity index (χ0v) is 14.2. The second-order valence-electron chi connectivity index (χ2n) is 7.84. The van der Waals surface area contributed by atoms with Crippen LogP contribution in [0.4, 0.5) is 0 Å². The van der Waals surface area contributed by atoms with Gasteiger partial charge in [0, 0.05) is 56.4 Å². The highest BCUT2D eigenvalue weighted by Gasteiger charge is 2.46. The smallest absolute Gasteiger partial charge is 0.276 e. The van der Waals surface area contributed by atoms with Crippen molar-refractivity contribution in [1.82, 2.24) is 15.0 Å². The highest BCUT2D eigenvalue weighted by molar-refractivity contribution is 5.92. The van der Waals surface area contributed by atoms with Crippen LogP contribution in [0.25, 0.3) is 0 Å². The van der Waals surface area contributed by atoms with Gasteiger partial charge in [-0.1, -0.05) is 5.16 Å². The lowest BCUT2D eigenvalue weighted by atomic mass is 9.93. The summed E-state index contributed by atoms with van der Waals surface area (Å²) in [5, 5.41) is 3.97. The summed E-state index contributed by atoms with van der Waals surface area (Å²) >= 11 is 0. The van der Waals surface area contributed by atoms with Crippen LogP contribution in [0, 0.1) is 11.8 Å². The molecule has 134 valence electrons. The minimum atomic E-state index is -0.0651. The number of carbonyl (C=O) groups is 2. The Labute approximate surface area is 146 Å². The van der Waals surface area contributed by atoms with Crippen LogP contribution in [0.2, 0.25) is 0 Å². The van der Waals surface area contributed by atoms with Crippen molar-refractivity contribution in [2.24, 2.45) is 11.8 Å². The van der Waals surface area contributed by atoms with Crippen LogP contribution in [-0.4, -0.2) is 65.7 Å². The van der Waals surface area contributed by atoms with Crippen LogP contribution >= 0.6 is 0 Å². The third-order valence-electron chi connectivity index (χ3n) is 6.08. The molecule has 4 aliphatic rings. The molecular formula is C18H23N3O4. The van der Waals surface area contributed by atoms with Crippen LogP contribution < -0.4 is 0 Å². The number of fused-ring (bicyclic) bond motifs is 1. The topological polar surface area (TPSA) is 75.9 Å². The molecule has 7 heteroatoms. The van der Waals surface area contributed by atoms with E-state index in [1.807, 2.05) is 9.80 Å². The Kier molecular flexibility index (Phi) is 3.58. The molecule has 2 amide bonds. The van der Waals surface area contributed by atoms with E-state index in [0.717, 1.165) is 38.1 Å². The molecular weight excluding hydrogens is 322 g/mol. The fraction of sp³-hybridized carbons (Fsp3) is 0.722. The van der Waals surface area contributed by atoms with E-state index < -0.39 is 0 Å². The highest BCUT2D eigenvalue weighted by Crippen LogP contribution is 2.40. The van der Waals surface area contributed by atoms with Crippen molar-refractivity contribution in [2.45, 2.75) is 37.7 Å². The maximum Gasteiger partial charge on any atom is 0.276 e. The lowest BCUT2D eigenvalue weighted by Gasteiger charge is -2.24. The van der Waals surface area contributed by atoms with Gasteiger partial charge in [-0.15, -0.1) is 0 Å². The predicted octanol–water partition coefficient (Wildman–Crippen LogP) is 1.26. The van der Waals surface area contributed by atoms with Crippen LogP contribution in [0.15, 0.2) is 10.6 Å². The first-order valence-corrected chi connectivity index (χ1v) is 9.34. The molecule has 0 unspecified atom stereocenters. The van der Waals surface area contributed by atoms with Crippen molar-refractivity contribution in [3.05, 3.63) is 17.5 Å². The van der Waals surface area contributed by atoms with E-state index >= 15 is 0 Å².